The summed E-state index contributed by atoms with van der Waals surface area (Å²) in [7, 11) is 0. The number of rotatable bonds is 6. The quantitative estimate of drug-likeness (QED) is 0.759. The molecule has 2 aromatic rings. The second-order valence-electron chi connectivity index (χ2n) is 4.86. The number of aldehydes is 1. The van der Waals surface area contributed by atoms with Crippen molar-refractivity contribution in [2.24, 2.45) is 0 Å². The summed E-state index contributed by atoms with van der Waals surface area (Å²) in [5.41, 5.74) is 2.30. The zero-order chi connectivity index (χ0) is 14.5. The van der Waals surface area contributed by atoms with Crippen LogP contribution in [0.4, 0.5) is 0 Å². The highest BCUT2D eigenvalue weighted by molar-refractivity contribution is 5.73. The van der Waals surface area contributed by atoms with E-state index in [1.165, 1.54) is 5.56 Å². The van der Waals surface area contributed by atoms with E-state index in [1.807, 2.05) is 38.1 Å². The Balaban J connectivity index is 2.13. The first-order valence-electron chi connectivity index (χ1n) is 6.76. The number of carbonyl (C=O) groups excluding carboxylic acids is 1. The molecule has 106 valence electrons. The monoisotopic (exact) mass is 273 g/mol. The smallest absolute Gasteiger partial charge is 0.172 e. The van der Waals surface area contributed by atoms with Crippen molar-refractivity contribution in [3.8, 4) is 5.75 Å². The summed E-state index contributed by atoms with van der Waals surface area (Å²) >= 11 is 0. The molecule has 0 saturated carbocycles. The van der Waals surface area contributed by atoms with Crippen LogP contribution in [0, 0.1) is 0 Å². The molecule has 0 fully saturated rings. The minimum atomic E-state index is 0.136. The van der Waals surface area contributed by atoms with Crippen molar-refractivity contribution < 1.29 is 9.53 Å². The number of nitrogens with zero attached hydrogens (tertiary/aromatic N) is 3. The van der Waals surface area contributed by atoms with Gasteiger partial charge < -0.3 is 4.74 Å². The van der Waals surface area contributed by atoms with Gasteiger partial charge in [0.05, 0.1) is 0 Å². The van der Waals surface area contributed by atoms with Gasteiger partial charge >= 0.3 is 0 Å². The number of ether oxygens (including phenoxy) is 1. The molecule has 0 aliphatic carbocycles. The van der Waals surface area contributed by atoms with E-state index in [-0.39, 0.29) is 12.6 Å². The predicted molar refractivity (Wildman–Crippen MR) is 75.9 cm³/mol. The van der Waals surface area contributed by atoms with E-state index in [0.29, 0.717) is 17.7 Å². The van der Waals surface area contributed by atoms with Gasteiger partial charge in [-0.25, -0.2) is 4.68 Å². The third kappa shape index (κ3) is 3.04. The van der Waals surface area contributed by atoms with Gasteiger partial charge in [-0.2, -0.15) is 0 Å². The molecule has 2 rings (SSSR count). The highest BCUT2D eigenvalue weighted by atomic mass is 16.5. The molecule has 20 heavy (non-hydrogen) atoms. The molecule has 5 nitrogen and oxygen atoms in total. The van der Waals surface area contributed by atoms with Crippen LogP contribution >= 0.6 is 0 Å². The first-order valence-corrected chi connectivity index (χ1v) is 6.76. The van der Waals surface area contributed by atoms with Gasteiger partial charge in [0.15, 0.2) is 12.0 Å². The normalized spacial score (nSPS) is 10.8. The van der Waals surface area contributed by atoms with Gasteiger partial charge in [-0.05, 0) is 38.0 Å². The Hall–Kier alpha value is -2.17. The maximum Gasteiger partial charge on any atom is 0.172 e. The Morgan fingerprint density at radius 3 is 2.55 bits per heavy atom. The number of carbonyl (C=O) groups is 1. The summed E-state index contributed by atoms with van der Waals surface area (Å²) in [6.07, 6.45) is 1.71. The molecular weight excluding hydrogens is 254 g/mol. The zero-order valence-corrected chi connectivity index (χ0v) is 12.0. The lowest BCUT2D eigenvalue weighted by molar-refractivity contribution is 0.111. The summed E-state index contributed by atoms with van der Waals surface area (Å²) in [6.45, 7) is 6.37. The van der Waals surface area contributed by atoms with Crippen LogP contribution in [0.15, 0.2) is 24.3 Å². The summed E-state index contributed by atoms with van der Waals surface area (Å²) in [6, 6.07) is 8.07. The van der Waals surface area contributed by atoms with E-state index in [4.69, 9.17) is 4.74 Å². The number of hydrogen-bond donors (Lipinski definition) is 0. The highest BCUT2D eigenvalue weighted by Crippen LogP contribution is 2.17. The second-order valence-corrected chi connectivity index (χ2v) is 4.86. The van der Waals surface area contributed by atoms with Crippen LogP contribution in [0.5, 0.6) is 5.75 Å². The van der Waals surface area contributed by atoms with E-state index < -0.39 is 0 Å². The molecule has 0 atom stereocenters. The third-order valence-corrected chi connectivity index (χ3v) is 3.13. The minimum absolute atomic E-state index is 0.136. The van der Waals surface area contributed by atoms with Gasteiger partial charge in [0.25, 0.3) is 0 Å². The van der Waals surface area contributed by atoms with Gasteiger partial charge in [-0.3, -0.25) is 4.79 Å². The highest BCUT2D eigenvalue weighted by Gasteiger charge is 2.15. The van der Waals surface area contributed by atoms with Crippen LogP contribution < -0.4 is 4.74 Å². The predicted octanol–water partition coefficient (Wildman–Crippen LogP) is 2.81. The van der Waals surface area contributed by atoms with Crippen LogP contribution in [0.3, 0.4) is 0 Å². The Labute approximate surface area is 118 Å². The molecule has 1 heterocycles. The van der Waals surface area contributed by atoms with Gasteiger partial charge in [-0.15, -0.1) is 5.10 Å². The molecule has 0 bridgehead atoms. The molecule has 0 spiro atoms. The topological polar surface area (TPSA) is 57.0 Å². The fourth-order valence-corrected chi connectivity index (χ4v) is 1.95. The Morgan fingerprint density at radius 1 is 1.30 bits per heavy atom. The number of aromatic nitrogens is 3. The van der Waals surface area contributed by atoms with E-state index in [1.54, 1.807) is 4.68 Å². The average molecular weight is 273 g/mol. The molecule has 5 heteroatoms. The van der Waals surface area contributed by atoms with Crippen molar-refractivity contribution in [2.75, 3.05) is 0 Å². The van der Waals surface area contributed by atoms with Gasteiger partial charge in [0.1, 0.15) is 18.1 Å². The second kappa shape index (κ2) is 6.32. The van der Waals surface area contributed by atoms with Crippen LogP contribution in [0.1, 0.15) is 48.6 Å². The van der Waals surface area contributed by atoms with Crippen molar-refractivity contribution in [1.29, 1.82) is 0 Å². The molecule has 1 aromatic carbocycles. The van der Waals surface area contributed by atoms with Crippen LogP contribution in [0.25, 0.3) is 0 Å². The van der Waals surface area contributed by atoms with E-state index in [2.05, 4.69) is 17.2 Å². The maximum atomic E-state index is 11.0. The summed E-state index contributed by atoms with van der Waals surface area (Å²) < 4.78 is 7.44. The van der Waals surface area contributed by atoms with Crippen molar-refractivity contribution in [3.63, 3.8) is 0 Å². The summed E-state index contributed by atoms with van der Waals surface area (Å²) in [4.78, 5) is 11.0. The zero-order valence-electron chi connectivity index (χ0n) is 12.0. The lowest BCUT2D eigenvalue weighted by Gasteiger charge is -2.11. The Kier molecular flexibility index (Phi) is 4.50. The van der Waals surface area contributed by atoms with Crippen molar-refractivity contribution in [1.82, 2.24) is 15.0 Å². The fourth-order valence-electron chi connectivity index (χ4n) is 1.95. The van der Waals surface area contributed by atoms with Gasteiger partial charge in [-0.1, -0.05) is 24.3 Å². The molecule has 0 radical (unpaired) electrons. The number of benzene rings is 1. The van der Waals surface area contributed by atoms with Crippen molar-refractivity contribution >= 4 is 6.29 Å². The largest absolute Gasteiger partial charge is 0.487 e. The molecule has 0 N–H and O–H groups in total. The lowest BCUT2D eigenvalue weighted by Crippen LogP contribution is -2.11. The Morgan fingerprint density at radius 2 is 2.00 bits per heavy atom. The molecule has 0 amide bonds. The standard InChI is InChI=1S/C15H19N3O2/c1-4-12-5-7-13(8-6-12)20-10-15-14(9-19)16-17-18(15)11(2)3/h5-9,11H,4,10H2,1-3H3. The fraction of sp³-hybridized carbons (Fsp3) is 0.400. The average Bonchev–Trinajstić information content (AvgIpc) is 2.88. The van der Waals surface area contributed by atoms with E-state index in [9.17, 15) is 4.79 Å². The molecular formula is C15H19N3O2. The SMILES string of the molecule is CCc1ccc(OCc2c(C=O)nnn2C(C)C)cc1. The van der Waals surface area contributed by atoms with Crippen LogP contribution in [-0.4, -0.2) is 21.3 Å². The minimum Gasteiger partial charge on any atom is -0.487 e. The molecule has 0 aliphatic rings. The molecule has 0 saturated heterocycles. The molecule has 1 aromatic heterocycles. The van der Waals surface area contributed by atoms with E-state index in [0.717, 1.165) is 12.2 Å². The first-order chi connectivity index (χ1) is 9.65. The number of hydrogen-bond acceptors (Lipinski definition) is 4. The summed E-state index contributed by atoms with van der Waals surface area (Å²) in [5.74, 6) is 0.774. The van der Waals surface area contributed by atoms with Crippen LogP contribution in [0.2, 0.25) is 0 Å². The first kappa shape index (κ1) is 14.2. The van der Waals surface area contributed by atoms with Crippen molar-refractivity contribution in [3.05, 3.63) is 41.2 Å². The van der Waals surface area contributed by atoms with Gasteiger partial charge in [0, 0.05) is 6.04 Å². The molecule has 0 unspecified atom stereocenters. The van der Waals surface area contributed by atoms with Crippen LogP contribution in [-0.2, 0) is 13.0 Å². The molecule has 0 aliphatic heterocycles. The third-order valence-electron chi connectivity index (χ3n) is 3.13. The summed E-state index contributed by atoms with van der Waals surface area (Å²) in [5, 5.41) is 7.84. The van der Waals surface area contributed by atoms with E-state index >= 15 is 0 Å². The number of aryl methyl sites for hydroxylation is 1. The Bertz CT molecular complexity index is 573. The lowest BCUT2D eigenvalue weighted by atomic mass is 10.2. The van der Waals surface area contributed by atoms with Crippen molar-refractivity contribution in [2.45, 2.75) is 39.8 Å². The van der Waals surface area contributed by atoms with Gasteiger partial charge in [0.2, 0.25) is 0 Å². The maximum absolute atomic E-state index is 11.0.